The summed E-state index contributed by atoms with van der Waals surface area (Å²) in [7, 11) is 0. The molecule has 0 aromatic heterocycles. The molecule has 1 rings (SSSR count). The summed E-state index contributed by atoms with van der Waals surface area (Å²) in [5.74, 6) is 0.136. The predicted molar refractivity (Wildman–Crippen MR) is 52.6 cm³/mol. The molecule has 4 nitrogen and oxygen atoms in total. The van der Waals surface area contributed by atoms with E-state index in [0.29, 0.717) is 12.6 Å². The normalized spacial score (nSPS) is 24.3. The Labute approximate surface area is 79.7 Å². The highest BCUT2D eigenvalue weighted by molar-refractivity contribution is 5.77. The van der Waals surface area contributed by atoms with E-state index in [1.165, 1.54) is 0 Å². The summed E-state index contributed by atoms with van der Waals surface area (Å²) in [5.41, 5.74) is 0. The Morgan fingerprint density at radius 2 is 2.46 bits per heavy atom. The number of nitrogens with one attached hydrogen (secondary N) is 2. The fraction of sp³-hybridized carbons (Fsp3) is 0.889. The van der Waals surface area contributed by atoms with Crippen LogP contribution in [0.2, 0.25) is 0 Å². The lowest BCUT2D eigenvalue weighted by atomic mass is 10.2. The zero-order valence-electron chi connectivity index (χ0n) is 8.47. The van der Waals surface area contributed by atoms with Crippen molar-refractivity contribution in [2.45, 2.75) is 19.9 Å². The van der Waals surface area contributed by atoms with Crippen LogP contribution in [0.3, 0.4) is 0 Å². The van der Waals surface area contributed by atoms with E-state index in [2.05, 4.69) is 22.5 Å². The molecule has 76 valence electrons. The van der Waals surface area contributed by atoms with Crippen LogP contribution in [0.1, 0.15) is 13.8 Å². The van der Waals surface area contributed by atoms with Crippen molar-refractivity contribution in [1.29, 1.82) is 0 Å². The minimum Gasteiger partial charge on any atom is -0.355 e. The average molecular weight is 185 g/mol. The summed E-state index contributed by atoms with van der Waals surface area (Å²) < 4.78 is 0. The minimum atomic E-state index is 0.136. The highest BCUT2D eigenvalue weighted by Gasteiger charge is 2.17. The van der Waals surface area contributed by atoms with Crippen molar-refractivity contribution in [3.8, 4) is 0 Å². The van der Waals surface area contributed by atoms with Gasteiger partial charge in [0.05, 0.1) is 6.54 Å². The first-order valence-corrected chi connectivity index (χ1v) is 4.94. The van der Waals surface area contributed by atoms with Gasteiger partial charge in [-0.2, -0.15) is 0 Å². The van der Waals surface area contributed by atoms with E-state index < -0.39 is 0 Å². The summed E-state index contributed by atoms with van der Waals surface area (Å²) >= 11 is 0. The average Bonchev–Trinajstić information content (AvgIpc) is 2.04. The third-order valence-corrected chi connectivity index (χ3v) is 2.19. The van der Waals surface area contributed by atoms with E-state index in [9.17, 15) is 4.79 Å². The smallest absolute Gasteiger partial charge is 0.234 e. The Bertz CT molecular complexity index is 172. The molecule has 0 saturated carbocycles. The first-order valence-electron chi connectivity index (χ1n) is 4.94. The molecule has 0 aromatic rings. The van der Waals surface area contributed by atoms with Gasteiger partial charge in [0.25, 0.3) is 0 Å². The maximum atomic E-state index is 11.2. The molecule has 13 heavy (non-hydrogen) atoms. The second kappa shape index (κ2) is 5.19. The summed E-state index contributed by atoms with van der Waals surface area (Å²) in [5, 5.41) is 6.15. The van der Waals surface area contributed by atoms with Gasteiger partial charge in [0, 0.05) is 32.2 Å². The molecule has 1 amide bonds. The van der Waals surface area contributed by atoms with Gasteiger partial charge in [-0.05, 0) is 13.8 Å². The van der Waals surface area contributed by atoms with E-state index in [-0.39, 0.29) is 5.91 Å². The lowest BCUT2D eigenvalue weighted by molar-refractivity contribution is -0.122. The monoisotopic (exact) mass is 185 g/mol. The fourth-order valence-electron chi connectivity index (χ4n) is 1.61. The van der Waals surface area contributed by atoms with Gasteiger partial charge in [-0.1, -0.05) is 0 Å². The molecule has 4 heteroatoms. The molecule has 0 bridgehead atoms. The third kappa shape index (κ3) is 3.74. The number of carbonyl (C=O) groups is 1. The minimum absolute atomic E-state index is 0.136. The van der Waals surface area contributed by atoms with Crippen LogP contribution in [0.4, 0.5) is 0 Å². The molecular formula is C9H19N3O. The Hall–Kier alpha value is -0.610. The standard InChI is InChI=1S/C9H19N3O/c1-3-10-9(13)7-12-5-4-11-8(2)6-12/h8,11H,3-7H2,1-2H3,(H,10,13). The van der Waals surface area contributed by atoms with Gasteiger partial charge in [-0.25, -0.2) is 0 Å². The SMILES string of the molecule is CCNC(=O)CN1CCNC(C)C1. The lowest BCUT2D eigenvalue weighted by Crippen LogP contribution is -2.51. The van der Waals surface area contributed by atoms with Crippen molar-refractivity contribution in [1.82, 2.24) is 15.5 Å². The molecular weight excluding hydrogens is 166 g/mol. The van der Waals surface area contributed by atoms with Gasteiger partial charge in [-0.15, -0.1) is 0 Å². The van der Waals surface area contributed by atoms with Gasteiger partial charge in [0.1, 0.15) is 0 Å². The number of hydrogen-bond acceptors (Lipinski definition) is 3. The molecule has 0 aromatic carbocycles. The van der Waals surface area contributed by atoms with Crippen LogP contribution in [0, 0.1) is 0 Å². The topological polar surface area (TPSA) is 44.4 Å². The van der Waals surface area contributed by atoms with Crippen LogP contribution in [0.5, 0.6) is 0 Å². The third-order valence-electron chi connectivity index (χ3n) is 2.19. The van der Waals surface area contributed by atoms with Gasteiger partial charge >= 0.3 is 0 Å². The zero-order valence-corrected chi connectivity index (χ0v) is 8.47. The molecule has 0 spiro atoms. The van der Waals surface area contributed by atoms with E-state index in [4.69, 9.17) is 0 Å². The van der Waals surface area contributed by atoms with E-state index in [1.807, 2.05) is 6.92 Å². The van der Waals surface area contributed by atoms with Crippen LogP contribution < -0.4 is 10.6 Å². The maximum absolute atomic E-state index is 11.2. The van der Waals surface area contributed by atoms with Crippen molar-refractivity contribution in [2.75, 3.05) is 32.7 Å². The predicted octanol–water partition coefficient (Wildman–Crippen LogP) is -0.584. The highest BCUT2D eigenvalue weighted by Crippen LogP contribution is 1.97. The Morgan fingerprint density at radius 1 is 1.69 bits per heavy atom. The van der Waals surface area contributed by atoms with Crippen LogP contribution in [-0.2, 0) is 4.79 Å². The zero-order chi connectivity index (χ0) is 9.68. The highest BCUT2D eigenvalue weighted by atomic mass is 16.2. The Balaban J connectivity index is 2.23. The van der Waals surface area contributed by atoms with Crippen molar-refractivity contribution >= 4 is 5.91 Å². The first kappa shape index (κ1) is 10.5. The number of piperazine rings is 1. The summed E-state index contributed by atoms with van der Waals surface area (Å²) in [4.78, 5) is 13.4. The van der Waals surface area contributed by atoms with Gasteiger partial charge in [-0.3, -0.25) is 9.69 Å². The Morgan fingerprint density at radius 3 is 3.08 bits per heavy atom. The van der Waals surface area contributed by atoms with Crippen LogP contribution >= 0.6 is 0 Å². The van der Waals surface area contributed by atoms with E-state index >= 15 is 0 Å². The molecule has 1 heterocycles. The molecule has 2 N–H and O–H groups in total. The van der Waals surface area contributed by atoms with E-state index in [0.717, 1.165) is 26.2 Å². The number of carbonyl (C=O) groups excluding carboxylic acids is 1. The fourth-order valence-corrected chi connectivity index (χ4v) is 1.61. The maximum Gasteiger partial charge on any atom is 0.234 e. The second-order valence-corrected chi connectivity index (χ2v) is 3.54. The van der Waals surface area contributed by atoms with Gasteiger partial charge < -0.3 is 10.6 Å². The van der Waals surface area contributed by atoms with Crippen LogP contribution in [-0.4, -0.2) is 49.6 Å². The summed E-state index contributed by atoms with van der Waals surface area (Å²) in [6.07, 6.45) is 0. The molecule has 1 atom stereocenters. The quantitative estimate of drug-likeness (QED) is 0.618. The number of nitrogens with zero attached hydrogens (tertiary/aromatic N) is 1. The number of hydrogen-bond donors (Lipinski definition) is 2. The van der Waals surface area contributed by atoms with Gasteiger partial charge in [0.2, 0.25) is 5.91 Å². The van der Waals surface area contributed by atoms with Gasteiger partial charge in [0.15, 0.2) is 0 Å². The largest absolute Gasteiger partial charge is 0.355 e. The number of rotatable bonds is 3. The summed E-state index contributed by atoms with van der Waals surface area (Å²) in [6.45, 7) is 8.28. The van der Waals surface area contributed by atoms with Crippen molar-refractivity contribution in [2.24, 2.45) is 0 Å². The molecule has 0 radical (unpaired) electrons. The molecule has 1 saturated heterocycles. The number of likely N-dealkylation sites (N-methyl/N-ethyl adjacent to an activating group) is 1. The van der Waals surface area contributed by atoms with Crippen LogP contribution in [0.25, 0.3) is 0 Å². The van der Waals surface area contributed by atoms with Crippen molar-refractivity contribution in [3.05, 3.63) is 0 Å². The molecule has 1 fully saturated rings. The molecule has 0 aliphatic carbocycles. The first-order chi connectivity index (χ1) is 6.22. The lowest BCUT2D eigenvalue weighted by Gasteiger charge is -2.31. The van der Waals surface area contributed by atoms with Crippen molar-refractivity contribution < 1.29 is 4.79 Å². The molecule has 1 aliphatic rings. The number of amides is 1. The van der Waals surface area contributed by atoms with Crippen LogP contribution in [0.15, 0.2) is 0 Å². The van der Waals surface area contributed by atoms with Crippen molar-refractivity contribution in [3.63, 3.8) is 0 Å². The van der Waals surface area contributed by atoms with E-state index in [1.54, 1.807) is 0 Å². The second-order valence-electron chi connectivity index (χ2n) is 3.54. The Kier molecular flexibility index (Phi) is 4.18. The molecule has 1 unspecified atom stereocenters. The molecule has 1 aliphatic heterocycles. The summed E-state index contributed by atoms with van der Waals surface area (Å²) in [6, 6.07) is 0.503.